The van der Waals surface area contributed by atoms with E-state index in [4.69, 9.17) is 5.73 Å². The van der Waals surface area contributed by atoms with Gasteiger partial charge in [-0.25, -0.2) is 0 Å². The topological polar surface area (TPSA) is 63.3 Å². The predicted octanol–water partition coefficient (Wildman–Crippen LogP) is 5.26. The zero-order valence-corrected chi connectivity index (χ0v) is 17.1. The molecule has 0 heterocycles. The first kappa shape index (κ1) is 18.9. The fourth-order valence-corrected chi connectivity index (χ4v) is 6.07. The Hall–Kier alpha value is -3.08. The third-order valence-corrected chi connectivity index (χ3v) is 7.49. The van der Waals surface area contributed by atoms with E-state index in [-0.39, 0.29) is 0 Å². The lowest BCUT2D eigenvalue weighted by molar-refractivity contribution is -0.137. The second kappa shape index (κ2) is 7.31. The van der Waals surface area contributed by atoms with Gasteiger partial charge in [0, 0.05) is 5.75 Å². The standard InChI is InChI=1S/C26H21NO2S/c27-23(25(28)29)16-30-26(18-10-2-1-3-11-18)21-14-5-4-12-19(21)20-13-6-8-17-9-7-15-22(26)24(17)20/h1-15,23H,16,27H2,(H,28,29). The molecule has 1 aliphatic rings. The van der Waals surface area contributed by atoms with Gasteiger partial charge in [0.1, 0.15) is 6.04 Å². The molecule has 1 aliphatic carbocycles. The second-order valence-corrected chi connectivity index (χ2v) is 8.79. The Bertz CT molecular complexity index is 1250. The van der Waals surface area contributed by atoms with E-state index < -0.39 is 16.8 Å². The van der Waals surface area contributed by atoms with Crippen LogP contribution in [0.25, 0.3) is 21.9 Å². The SMILES string of the molecule is NC(CSC1(c2ccccc2)c2ccccc2-c2cccc3cccc1c23)C(=O)O. The monoisotopic (exact) mass is 411 g/mol. The number of aliphatic carboxylic acids is 1. The summed E-state index contributed by atoms with van der Waals surface area (Å²) in [5.74, 6) is -0.676. The largest absolute Gasteiger partial charge is 0.480 e. The Balaban J connectivity index is 1.88. The van der Waals surface area contributed by atoms with Crippen molar-refractivity contribution < 1.29 is 9.90 Å². The van der Waals surface area contributed by atoms with Crippen molar-refractivity contribution in [2.24, 2.45) is 5.73 Å². The summed E-state index contributed by atoms with van der Waals surface area (Å²) >= 11 is 1.61. The van der Waals surface area contributed by atoms with Crippen LogP contribution >= 0.6 is 11.8 Å². The fourth-order valence-electron chi connectivity index (χ4n) is 4.54. The van der Waals surface area contributed by atoms with Gasteiger partial charge >= 0.3 is 5.97 Å². The van der Waals surface area contributed by atoms with Crippen LogP contribution < -0.4 is 5.73 Å². The number of hydrogen-bond acceptors (Lipinski definition) is 3. The van der Waals surface area contributed by atoms with Gasteiger partial charge in [-0.15, -0.1) is 11.8 Å². The average Bonchev–Trinajstić information content (AvgIpc) is 2.79. The number of hydrogen-bond donors (Lipinski definition) is 2. The molecule has 0 bridgehead atoms. The summed E-state index contributed by atoms with van der Waals surface area (Å²) in [5, 5.41) is 11.8. The molecule has 0 aliphatic heterocycles. The summed E-state index contributed by atoms with van der Waals surface area (Å²) in [6.07, 6.45) is 0. The maximum absolute atomic E-state index is 11.5. The minimum Gasteiger partial charge on any atom is -0.480 e. The molecule has 0 spiro atoms. The van der Waals surface area contributed by atoms with Crippen molar-refractivity contribution in [1.29, 1.82) is 0 Å². The highest BCUT2D eigenvalue weighted by atomic mass is 32.2. The Morgan fingerprint density at radius 3 is 2.23 bits per heavy atom. The zero-order chi connectivity index (χ0) is 20.7. The summed E-state index contributed by atoms with van der Waals surface area (Å²) in [6, 6.07) is 30.7. The molecule has 148 valence electrons. The van der Waals surface area contributed by atoms with E-state index in [9.17, 15) is 9.90 Å². The highest BCUT2D eigenvalue weighted by Crippen LogP contribution is 2.57. The lowest BCUT2D eigenvalue weighted by atomic mass is 9.73. The third-order valence-electron chi connectivity index (χ3n) is 5.86. The van der Waals surface area contributed by atoms with Crippen molar-refractivity contribution in [1.82, 2.24) is 0 Å². The average molecular weight is 412 g/mol. The second-order valence-electron chi connectivity index (χ2n) is 7.56. The van der Waals surface area contributed by atoms with Crippen molar-refractivity contribution in [2.45, 2.75) is 10.8 Å². The van der Waals surface area contributed by atoms with Gasteiger partial charge in [-0.2, -0.15) is 0 Å². The van der Waals surface area contributed by atoms with Crippen LogP contribution in [0.3, 0.4) is 0 Å². The molecular formula is C26H21NO2S. The Kier molecular flexibility index (Phi) is 4.61. The van der Waals surface area contributed by atoms with Crippen LogP contribution in [-0.2, 0) is 9.54 Å². The van der Waals surface area contributed by atoms with E-state index in [1.807, 2.05) is 18.2 Å². The van der Waals surface area contributed by atoms with Crippen molar-refractivity contribution in [3.8, 4) is 11.1 Å². The molecule has 30 heavy (non-hydrogen) atoms. The van der Waals surface area contributed by atoms with Gasteiger partial charge in [-0.1, -0.05) is 91.0 Å². The van der Waals surface area contributed by atoms with Crippen molar-refractivity contribution in [3.05, 3.63) is 108 Å². The van der Waals surface area contributed by atoms with E-state index in [0.29, 0.717) is 5.75 Å². The minimum atomic E-state index is -0.978. The molecule has 0 aromatic heterocycles. The summed E-state index contributed by atoms with van der Waals surface area (Å²) in [7, 11) is 0. The summed E-state index contributed by atoms with van der Waals surface area (Å²) < 4.78 is -0.543. The van der Waals surface area contributed by atoms with E-state index in [1.165, 1.54) is 33.0 Å². The third kappa shape index (κ3) is 2.76. The summed E-state index contributed by atoms with van der Waals surface area (Å²) in [4.78, 5) is 11.5. The summed E-state index contributed by atoms with van der Waals surface area (Å²) in [6.45, 7) is 0. The highest BCUT2D eigenvalue weighted by molar-refractivity contribution is 8.00. The quantitative estimate of drug-likeness (QED) is 0.470. The van der Waals surface area contributed by atoms with Crippen molar-refractivity contribution >= 4 is 28.5 Å². The van der Waals surface area contributed by atoms with Crippen molar-refractivity contribution in [2.75, 3.05) is 5.75 Å². The van der Waals surface area contributed by atoms with Crippen molar-refractivity contribution in [3.63, 3.8) is 0 Å². The number of carbonyl (C=O) groups is 1. The Labute approximate surface area is 179 Å². The summed E-state index contributed by atoms with van der Waals surface area (Å²) in [5.41, 5.74) is 11.8. The molecule has 5 rings (SSSR count). The normalized spacial score (nSPS) is 18.0. The molecule has 3 nitrogen and oxygen atoms in total. The van der Waals surface area contributed by atoms with Gasteiger partial charge in [-0.3, -0.25) is 4.79 Å². The molecule has 0 saturated carbocycles. The van der Waals surface area contributed by atoms with Crippen LogP contribution in [0.4, 0.5) is 0 Å². The molecule has 0 radical (unpaired) electrons. The van der Waals surface area contributed by atoms with Gasteiger partial charge in [-0.05, 0) is 38.6 Å². The molecule has 4 heteroatoms. The highest BCUT2D eigenvalue weighted by Gasteiger charge is 2.43. The Morgan fingerprint density at radius 1 is 0.833 bits per heavy atom. The molecule has 0 fully saturated rings. The first-order valence-electron chi connectivity index (χ1n) is 9.93. The van der Waals surface area contributed by atoms with Crippen LogP contribution in [0.2, 0.25) is 0 Å². The van der Waals surface area contributed by atoms with Crippen LogP contribution in [0.1, 0.15) is 16.7 Å². The van der Waals surface area contributed by atoms with E-state index in [2.05, 4.69) is 72.8 Å². The number of carboxylic acids is 1. The fraction of sp³-hybridized carbons (Fsp3) is 0.115. The number of carboxylic acid groups (broad SMARTS) is 1. The predicted molar refractivity (Wildman–Crippen MR) is 124 cm³/mol. The van der Waals surface area contributed by atoms with Crippen LogP contribution in [-0.4, -0.2) is 22.9 Å². The van der Waals surface area contributed by atoms with Crippen LogP contribution in [0, 0.1) is 0 Å². The molecular weight excluding hydrogens is 390 g/mol. The molecule has 4 aromatic carbocycles. The van der Waals surface area contributed by atoms with Gasteiger partial charge in [0.25, 0.3) is 0 Å². The lowest BCUT2D eigenvalue weighted by Gasteiger charge is -2.41. The van der Waals surface area contributed by atoms with E-state index in [1.54, 1.807) is 11.8 Å². The first-order valence-corrected chi connectivity index (χ1v) is 10.9. The number of fused-ring (bicyclic) bond motifs is 2. The smallest absolute Gasteiger partial charge is 0.321 e. The van der Waals surface area contributed by atoms with Gasteiger partial charge in [0.05, 0.1) is 4.75 Å². The minimum absolute atomic E-state index is 0.303. The molecule has 2 atom stereocenters. The first-order chi connectivity index (χ1) is 14.6. The van der Waals surface area contributed by atoms with Crippen LogP contribution in [0.5, 0.6) is 0 Å². The molecule has 0 amide bonds. The number of benzene rings is 4. The van der Waals surface area contributed by atoms with E-state index in [0.717, 1.165) is 5.56 Å². The van der Waals surface area contributed by atoms with Gasteiger partial charge in [0.15, 0.2) is 0 Å². The Morgan fingerprint density at radius 2 is 1.47 bits per heavy atom. The lowest BCUT2D eigenvalue weighted by Crippen LogP contribution is -2.36. The van der Waals surface area contributed by atoms with Gasteiger partial charge in [0.2, 0.25) is 0 Å². The number of rotatable bonds is 5. The molecule has 0 saturated heterocycles. The van der Waals surface area contributed by atoms with E-state index >= 15 is 0 Å². The number of nitrogens with two attached hydrogens (primary N) is 1. The zero-order valence-electron chi connectivity index (χ0n) is 16.3. The van der Waals surface area contributed by atoms with Crippen LogP contribution in [0.15, 0.2) is 91.0 Å². The molecule has 2 unspecified atom stereocenters. The van der Waals surface area contributed by atoms with Gasteiger partial charge < -0.3 is 10.8 Å². The maximum atomic E-state index is 11.5. The number of thioether (sulfide) groups is 1. The molecule has 4 aromatic rings. The molecule has 3 N–H and O–H groups in total. The maximum Gasteiger partial charge on any atom is 0.321 e.